The van der Waals surface area contributed by atoms with Crippen molar-refractivity contribution >= 4 is 35.0 Å². The number of benzene rings is 1. The zero-order valence-electron chi connectivity index (χ0n) is 11.9. The number of anilines is 1. The second-order valence-electron chi connectivity index (χ2n) is 4.53. The van der Waals surface area contributed by atoms with E-state index >= 15 is 0 Å². The van der Waals surface area contributed by atoms with Gasteiger partial charge < -0.3 is 5.32 Å². The Morgan fingerprint density at radius 2 is 2.04 bits per heavy atom. The minimum Gasteiger partial charge on any atom is -0.325 e. The van der Waals surface area contributed by atoms with Crippen LogP contribution in [-0.4, -0.2) is 31.8 Å². The summed E-state index contributed by atoms with van der Waals surface area (Å²) >= 11 is 7.05. The predicted octanol–water partition coefficient (Wildman–Crippen LogP) is 3.25. The van der Waals surface area contributed by atoms with Gasteiger partial charge in [0.2, 0.25) is 11.1 Å². The smallest absolute Gasteiger partial charge is 0.234 e. The summed E-state index contributed by atoms with van der Waals surface area (Å²) in [5.41, 5.74) is 1.40. The maximum Gasteiger partial charge on any atom is 0.234 e. The second kappa shape index (κ2) is 7.26. The summed E-state index contributed by atoms with van der Waals surface area (Å²) in [6.45, 7) is 0. The molecule has 0 spiro atoms. The van der Waals surface area contributed by atoms with Crippen molar-refractivity contribution in [1.29, 1.82) is 0 Å². The lowest BCUT2D eigenvalue weighted by molar-refractivity contribution is -0.113. The van der Waals surface area contributed by atoms with Crippen molar-refractivity contribution in [3.8, 4) is 11.5 Å². The van der Waals surface area contributed by atoms with Crippen LogP contribution >= 0.6 is 23.4 Å². The third-order valence-corrected chi connectivity index (χ3v) is 3.90. The Morgan fingerprint density at radius 1 is 1.22 bits per heavy atom. The van der Waals surface area contributed by atoms with Crippen LogP contribution in [0, 0.1) is 0 Å². The van der Waals surface area contributed by atoms with Crippen LogP contribution in [0.1, 0.15) is 0 Å². The summed E-state index contributed by atoms with van der Waals surface area (Å²) < 4.78 is 0. The van der Waals surface area contributed by atoms with Crippen LogP contribution in [0.4, 0.5) is 5.69 Å². The molecule has 0 aliphatic carbocycles. The molecule has 0 saturated heterocycles. The molecule has 2 aromatic heterocycles. The largest absolute Gasteiger partial charge is 0.325 e. The average molecular weight is 346 g/mol. The van der Waals surface area contributed by atoms with Crippen LogP contribution in [-0.2, 0) is 4.79 Å². The van der Waals surface area contributed by atoms with Gasteiger partial charge in [-0.1, -0.05) is 41.6 Å². The van der Waals surface area contributed by atoms with Crippen molar-refractivity contribution in [1.82, 2.24) is 20.2 Å². The molecule has 0 atom stereocenters. The number of carbonyl (C=O) groups excluding carboxylic acids is 1. The molecule has 0 bridgehead atoms. The molecule has 2 N–H and O–H groups in total. The number of nitrogens with zero attached hydrogens (tertiary/aromatic N) is 3. The first-order chi connectivity index (χ1) is 11.2. The van der Waals surface area contributed by atoms with Crippen molar-refractivity contribution in [3.63, 3.8) is 0 Å². The summed E-state index contributed by atoms with van der Waals surface area (Å²) in [5.74, 6) is 0.644. The molecule has 3 aromatic rings. The molecule has 0 aliphatic rings. The van der Waals surface area contributed by atoms with Gasteiger partial charge in [-0.05, 0) is 24.3 Å². The van der Waals surface area contributed by atoms with Crippen LogP contribution in [0.5, 0.6) is 0 Å². The fourth-order valence-electron chi connectivity index (χ4n) is 1.79. The molecular weight excluding hydrogens is 334 g/mol. The Labute approximate surface area is 141 Å². The van der Waals surface area contributed by atoms with E-state index in [1.165, 1.54) is 11.8 Å². The summed E-state index contributed by atoms with van der Waals surface area (Å²) in [4.78, 5) is 20.3. The summed E-state index contributed by atoms with van der Waals surface area (Å²) in [5, 5.41) is 10.7. The lowest BCUT2D eigenvalue weighted by Gasteiger charge is -2.02. The normalized spacial score (nSPS) is 10.5. The number of thioether (sulfide) groups is 1. The number of H-pyrrole nitrogens is 1. The summed E-state index contributed by atoms with van der Waals surface area (Å²) in [6, 6.07) is 12.8. The van der Waals surface area contributed by atoms with E-state index in [2.05, 4.69) is 25.5 Å². The SMILES string of the molecule is O=C(CSc1n[nH]c(-c2ccc(Cl)cn2)n1)Nc1ccccc1. The maximum absolute atomic E-state index is 11.9. The van der Waals surface area contributed by atoms with Gasteiger partial charge in [0.15, 0.2) is 5.82 Å². The standard InChI is InChI=1S/C15H12ClN5OS/c16-10-6-7-12(17-8-10)14-19-15(21-20-14)23-9-13(22)18-11-4-2-1-3-5-11/h1-8H,9H2,(H,18,22)(H,19,20,21). The Morgan fingerprint density at radius 3 is 2.78 bits per heavy atom. The highest BCUT2D eigenvalue weighted by molar-refractivity contribution is 7.99. The van der Waals surface area contributed by atoms with Gasteiger partial charge in [0.05, 0.1) is 10.8 Å². The van der Waals surface area contributed by atoms with E-state index in [0.717, 1.165) is 5.69 Å². The molecule has 23 heavy (non-hydrogen) atoms. The van der Waals surface area contributed by atoms with Crippen molar-refractivity contribution in [2.45, 2.75) is 5.16 Å². The Kier molecular flexibility index (Phi) is 4.89. The van der Waals surface area contributed by atoms with Gasteiger partial charge in [-0.3, -0.25) is 14.9 Å². The number of hydrogen-bond acceptors (Lipinski definition) is 5. The molecule has 0 fully saturated rings. The summed E-state index contributed by atoms with van der Waals surface area (Å²) in [6.07, 6.45) is 1.54. The van der Waals surface area contributed by atoms with Crippen molar-refractivity contribution < 1.29 is 4.79 Å². The molecule has 0 saturated carbocycles. The number of para-hydroxylation sites is 1. The molecule has 1 aromatic carbocycles. The van der Waals surface area contributed by atoms with E-state index in [9.17, 15) is 4.79 Å². The van der Waals surface area contributed by atoms with Crippen molar-refractivity contribution in [2.75, 3.05) is 11.1 Å². The van der Waals surface area contributed by atoms with Gasteiger partial charge in [0.25, 0.3) is 0 Å². The monoisotopic (exact) mass is 345 g/mol. The van der Waals surface area contributed by atoms with E-state index in [-0.39, 0.29) is 11.7 Å². The number of rotatable bonds is 5. The maximum atomic E-state index is 11.9. The number of halogens is 1. The molecule has 8 heteroatoms. The number of aromatic nitrogens is 4. The van der Waals surface area contributed by atoms with Gasteiger partial charge in [-0.2, -0.15) is 4.98 Å². The minimum absolute atomic E-state index is 0.114. The molecule has 2 heterocycles. The topological polar surface area (TPSA) is 83.6 Å². The Bertz CT molecular complexity index is 791. The highest BCUT2D eigenvalue weighted by atomic mass is 35.5. The lowest BCUT2D eigenvalue weighted by Crippen LogP contribution is -2.13. The number of pyridine rings is 1. The molecule has 6 nitrogen and oxygen atoms in total. The number of nitrogens with one attached hydrogen (secondary N) is 2. The van der Waals surface area contributed by atoms with Crippen LogP contribution in [0.3, 0.4) is 0 Å². The molecular formula is C15H12ClN5OS. The van der Waals surface area contributed by atoms with Gasteiger partial charge in [-0.25, -0.2) is 0 Å². The highest BCUT2D eigenvalue weighted by Crippen LogP contribution is 2.19. The zero-order chi connectivity index (χ0) is 16.1. The average Bonchev–Trinajstić information content (AvgIpc) is 3.04. The zero-order valence-corrected chi connectivity index (χ0v) is 13.4. The number of hydrogen-bond donors (Lipinski definition) is 2. The molecule has 0 unspecified atom stereocenters. The molecule has 3 rings (SSSR count). The highest BCUT2D eigenvalue weighted by Gasteiger charge is 2.10. The van der Waals surface area contributed by atoms with Gasteiger partial charge in [0.1, 0.15) is 5.69 Å². The van der Waals surface area contributed by atoms with E-state index < -0.39 is 0 Å². The van der Waals surface area contributed by atoms with Gasteiger partial charge in [0, 0.05) is 11.9 Å². The molecule has 1 amide bonds. The minimum atomic E-state index is -0.114. The first kappa shape index (κ1) is 15.5. The van der Waals surface area contributed by atoms with Crippen molar-refractivity contribution in [2.24, 2.45) is 0 Å². The van der Waals surface area contributed by atoms with E-state index in [4.69, 9.17) is 11.6 Å². The van der Waals surface area contributed by atoms with E-state index in [1.807, 2.05) is 30.3 Å². The molecule has 0 aliphatic heterocycles. The number of carbonyl (C=O) groups is 1. The second-order valence-corrected chi connectivity index (χ2v) is 5.91. The van der Waals surface area contributed by atoms with Gasteiger partial charge >= 0.3 is 0 Å². The van der Waals surface area contributed by atoms with Crippen LogP contribution in [0.15, 0.2) is 53.8 Å². The lowest BCUT2D eigenvalue weighted by atomic mass is 10.3. The van der Waals surface area contributed by atoms with Crippen LogP contribution in [0.25, 0.3) is 11.5 Å². The number of aromatic amines is 1. The molecule has 0 radical (unpaired) electrons. The van der Waals surface area contributed by atoms with Crippen LogP contribution < -0.4 is 5.32 Å². The quantitative estimate of drug-likeness (QED) is 0.693. The third-order valence-electron chi connectivity index (χ3n) is 2.82. The van der Waals surface area contributed by atoms with Gasteiger partial charge in [-0.15, -0.1) is 5.10 Å². The fraction of sp³-hybridized carbons (Fsp3) is 0.0667. The predicted molar refractivity (Wildman–Crippen MR) is 90.4 cm³/mol. The third kappa shape index (κ3) is 4.30. The van der Waals surface area contributed by atoms with Crippen LogP contribution in [0.2, 0.25) is 5.02 Å². The Hall–Kier alpha value is -2.38. The van der Waals surface area contributed by atoms with E-state index in [1.54, 1.807) is 18.3 Å². The summed E-state index contributed by atoms with van der Waals surface area (Å²) in [7, 11) is 0. The first-order valence-electron chi connectivity index (χ1n) is 6.73. The van der Waals surface area contributed by atoms with Crippen molar-refractivity contribution in [3.05, 3.63) is 53.7 Å². The fourth-order valence-corrected chi connectivity index (χ4v) is 2.50. The first-order valence-corrected chi connectivity index (χ1v) is 8.09. The number of amides is 1. The molecule has 116 valence electrons. The van der Waals surface area contributed by atoms with E-state index in [0.29, 0.717) is 21.7 Å². The Balaban J connectivity index is 1.57.